The van der Waals surface area contributed by atoms with Crippen LogP contribution in [-0.4, -0.2) is 27.3 Å². The quantitative estimate of drug-likeness (QED) is 0.143. The van der Waals surface area contributed by atoms with Gasteiger partial charge in [0.15, 0.2) is 8.32 Å². The molecule has 0 saturated heterocycles. The number of para-hydroxylation sites is 1. The van der Waals surface area contributed by atoms with Gasteiger partial charge in [-0.15, -0.1) is 0 Å². The molecule has 3 rings (SSSR count). The number of hydrogen-bond acceptors (Lipinski definition) is 3. The Hall–Kier alpha value is -1.60. The van der Waals surface area contributed by atoms with E-state index >= 15 is 0 Å². The number of hydrogen-bond donors (Lipinski definition) is 0. The number of nitrogens with zero attached hydrogens (tertiary/aromatic N) is 1. The minimum absolute atomic E-state index is 0.195. The van der Waals surface area contributed by atoms with Crippen molar-refractivity contribution in [1.29, 1.82) is 0 Å². The lowest BCUT2D eigenvalue weighted by Gasteiger charge is -2.36. The SMILES string of the molecule is CC(C)(C)[Si](C)(C)OCCCC#Cc1c(I)n(S(=O)(=O)c2ccccc2)c2ccccc12. The maximum atomic E-state index is 13.4. The smallest absolute Gasteiger partial charge is 0.269 e. The summed E-state index contributed by atoms with van der Waals surface area (Å²) in [4.78, 5) is 0.265. The number of aromatic nitrogens is 1. The summed E-state index contributed by atoms with van der Waals surface area (Å²) in [5.74, 6) is 6.48. The standard InChI is InChI=1S/C25H30INO3SSi/c1-25(2,3)32(4,5)30-19-13-7-10-17-22-21-16-11-12-18-23(21)27(24(22)26)31(28,29)20-14-8-6-9-15-20/h6,8-9,11-12,14-16,18H,7,13,19H2,1-5H3. The molecule has 0 fully saturated rings. The Bertz CT molecular complexity index is 1260. The Morgan fingerprint density at radius 2 is 1.66 bits per heavy atom. The Kier molecular flexibility index (Phi) is 7.60. The maximum absolute atomic E-state index is 13.4. The van der Waals surface area contributed by atoms with Crippen molar-refractivity contribution in [3.63, 3.8) is 0 Å². The second-order valence-corrected chi connectivity index (χ2v) is 16.9. The van der Waals surface area contributed by atoms with Gasteiger partial charge in [0.2, 0.25) is 0 Å². The van der Waals surface area contributed by atoms with Crippen LogP contribution in [0.4, 0.5) is 0 Å². The van der Waals surface area contributed by atoms with Crippen LogP contribution in [-0.2, 0) is 14.4 Å². The van der Waals surface area contributed by atoms with E-state index in [1.54, 1.807) is 24.3 Å². The van der Waals surface area contributed by atoms with E-state index in [0.29, 0.717) is 22.2 Å². The van der Waals surface area contributed by atoms with Gasteiger partial charge in [0, 0.05) is 18.4 Å². The van der Waals surface area contributed by atoms with Crippen molar-refractivity contribution < 1.29 is 12.8 Å². The summed E-state index contributed by atoms with van der Waals surface area (Å²) < 4.78 is 35.0. The molecule has 0 aliphatic heterocycles. The summed E-state index contributed by atoms with van der Waals surface area (Å²) in [5.41, 5.74) is 1.40. The first-order valence-corrected chi connectivity index (χ1v) is 16.1. The third-order valence-electron chi connectivity index (χ3n) is 5.99. The van der Waals surface area contributed by atoms with Crippen molar-refractivity contribution in [2.24, 2.45) is 0 Å². The van der Waals surface area contributed by atoms with Crippen LogP contribution in [0.15, 0.2) is 59.5 Å². The molecule has 1 heterocycles. The second kappa shape index (κ2) is 9.72. The topological polar surface area (TPSA) is 48.3 Å². The van der Waals surface area contributed by atoms with E-state index in [1.165, 1.54) is 3.97 Å². The number of benzene rings is 2. The maximum Gasteiger partial charge on any atom is 0.269 e. The fourth-order valence-corrected chi connectivity index (χ4v) is 7.07. The average Bonchev–Trinajstić information content (AvgIpc) is 3.02. The van der Waals surface area contributed by atoms with Crippen molar-refractivity contribution in [2.75, 3.05) is 6.61 Å². The van der Waals surface area contributed by atoms with Crippen LogP contribution in [0, 0.1) is 15.5 Å². The number of fused-ring (bicyclic) bond motifs is 1. The third kappa shape index (κ3) is 5.14. The number of unbranched alkanes of at least 4 members (excludes halogenated alkanes) is 1. The zero-order valence-corrected chi connectivity index (χ0v) is 23.2. The molecular weight excluding hydrogens is 549 g/mol. The van der Waals surface area contributed by atoms with Crippen LogP contribution in [0.1, 0.15) is 39.2 Å². The first kappa shape index (κ1) is 25.0. The summed E-state index contributed by atoms with van der Waals surface area (Å²) in [7, 11) is -5.46. The van der Waals surface area contributed by atoms with Crippen LogP contribution < -0.4 is 0 Å². The average molecular weight is 580 g/mol. The first-order chi connectivity index (χ1) is 15.0. The van der Waals surface area contributed by atoms with Gasteiger partial charge >= 0.3 is 0 Å². The van der Waals surface area contributed by atoms with Gasteiger partial charge in [0.05, 0.1) is 16.0 Å². The fourth-order valence-electron chi connectivity index (χ4n) is 3.09. The van der Waals surface area contributed by atoms with E-state index in [4.69, 9.17) is 4.43 Å². The van der Waals surface area contributed by atoms with Crippen molar-refractivity contribution >= 4 is 51.8 Å². The highest BCUT2D eigenvalue weighted by Gasteiger charge is 2.36. The van der Waals surface area contributed by atoms with Gasteiger partial charge in [-0.2, -0.15) is 0 Å². The van der Waals surface area contributed by atoms with Gasteiger partial charge < -0.3 is 4.43 Å². The molecular formula is C25H30INO3SSi. The fraction of sp³-hybridized carbons (Fsp3) is 0.360. The Morgan fingerprint density at radius 1 is 1.03 bits per heavy atom. The van der Waals surface area contributed by atoms with Gasteiger partial charge in [0.1, 0.15) is 3.70 Å². The second-order valence-electron chi connectivity index (χ2n) is 9.28. The van der Waals surface area contributed by atoms with Gasteiger partial charge in [-0.25, -0.2) is 12.4 Å². The van der Waals surface area contributed by atoms with Crippen LogP contribution in [0.3, 0.4) is 0 Å². The molecule has 32 heavy (non-hydrogen) atoms. The third-order valence-corrected chi connectivity index (χ3v) is 13.6. The largest absolute Gasteiger partial charge is 0.417 e. The summed E-state index contributed by atoms with van der Waals surface area (Å²) in [6, 6.07) is 16.0. The minimum atomic E-state index is -3.72. The molecule has 170 valence electrons. The van der Waals surface area contributed by atoms with E-state index < -0.39 is 18.3 Å². The lowest BCUT2D eigenvalue weighted by molar-refractivity contribution is 0.284. The van der Waals surface area contributed by atoms with Gasteiger partial charge in [-0.1, -0.05) is 69.0 Å². The molecule has 0 aliphatic carbocycles. The summed E-state index contributed by atoms with van der Waals surface area (Å²) in [6.45, 7) is 11.9. The molecule has 2 aromatic carbocycles. The van der Waals surface area contributed by atoms with Gasteiger partial charge in [0.25, 0.3) is 10.0 Å². The van der Waals surface area contributed by atoms with Gasteiger partial charge in [-0.3, -0.25) is 0 Å². The molecule has 0 saturated carbocycles. The molecule has 4 nitrogen and oxygen atoms in total. The van der Waals surface area contributed by atoms with E-state index in [2.05, 4.69) is 68.3 Å². The molecule has 0 bridgehead atoms. The molecule has 1 aromatic heterocycles. The van der Waals surface area contributed by atoms with Crippen LogP contribution in [0.5, 0.6) is 0 Å². The molecule has 0 unspecified atom stereocenters. The lowest BCUT2D eigenvalue weighted by atomic mass is 10.2. The molecule has 0 N–H and O–H groups in total. The van der Waals surface area contributed by atoms with Crippen molar-refractivity contribution in [1.82, 2.24) is 3.97 Å². The van der Waals surface area contributed by atoms with Crippen LogP contribution >= 0.6 is 22.6 Å². The van der Waals surface area contributed by atoms with Crippen LogP contribution in [0.25, 0.3) is 10.9 Å². The lowest BCUT2D eigenvalue weighted by Crippen LogP contribution is -2.40. The summed E-state index contributed by atoms with van der Waals surface area (Å²) in [6.07, 6.45) is 1.56. The Labute approximate surface area is 206 Å². The molecule has 0 atom stereocenters. The first-order valence-electron chi connectivity index (χ1n) is 10.7. The van der Waals surface area contributed by atoms with E-state index in [1.807, 2.05) is 30.3 Å². The highest BCUT2D eigenvalue weighted by Crippen LogP contribution is 2.36. The van der Waals surface area contributed by atoms with E-state index in [9.17, 15) is 8.42 Å². The zero-order valence-electron chi connectivity index (χ0n) is 19.3. The molecule has 3 aromatic rings. The number of rotatable bonds is 6. The van der Waals surface area contributed by atoms with E-state index in [-0.39, 0.29) is 9.93 Å². The normalized spacial score (nSPS) is 12.6. The predicted molar refractivity (Wildman–Crippen MR) is 143 cm³/mol. The highest BCUT2D eigenvalue weighted by atomic mass is 127. The van der Waals surface area contributed by atoms with Crippen molar-refractivity contribution in [3.8, 4) is 11.8 Å². The summed E-state index contributed by atoms with van der Waals surface area (Å²) >= 11 is 2.10. The minimum Gasteiger partial charge on any atom is -0.417 e. The van der Waals surface area contributed by atoms with E-state index in [0.717, 1.165) is 17.4 Å². The van der Waals surface area contributed by atoms with Crippen molar-refractivity contribution in [2.45, 2.75) is 56.6 Å². The monoisotopic (exact) mass is 579 g/mol. The molecule has 0 radical (unpaired) electrons. The number of halogens is 1. The predicted octanol–water partition coefficient (Wildman–Crippen LogP) is 6.64. The molecule has 7 heteroatoms. The molecule has 0 amide bonds. The Balaban J connectivity index is 1.85. The molecule has 0 aliphatic rings. The Morgan fingerprint density at radius 3 is 2.31 bits per heavy atom. The van der Waals surface area contributed by atoms with Gasteiger partial charge in [-0.05, 0) is 65.3 Å². The summed E-state index contributed by atoms with van der Waals surface area (Å²) in [5, 5.41) is 1.04. The van der Waals surface area contributed by atoms with Crippen molar-refractivity contribution in [3.05, 3.63) is 63.9 Å². The molecule has 0 spiro atoms. The highest BCUT2D eigenvalue weighted by molar-refractivity contribution is 14.1. The zero-order chi connectivity index (χ0) is 23.6. The van der Waals surface area contributed by atoms with Crippen LogP contribution in [0.2, 0.25) is 18.1 Å².